The van der Waals surface area contributed by atoms with Gasteiger partial charge in [0.15, 0.2) is 0 Å². The van der Waals surface area contributed by atoms with Gasteiger partial charge in [-0.15, -0.1) is 0 Å². The van der Waals surface area contributed by atoms with Crippen LogP contribution < -0.4 is 0 Å². The van der Waals surface area contributed by atoms with Gasteiger partial charge in [-0.25, -0.2) is 0 Å². The lowest BCUT2D eigenvalue weighted by molar-refractivity contribution is -0.138. The second kappa shape index (κ2) is 6.43. The quantitative estimate of drug-likeness (QED) is 0.755. The number of halogens is 3. The normalized spacial score (nSPS) is 16.1. The zero-order valence-corrected chi connectivity index (χ0v) is 14.3. The van der Waals surface area contributed by atoms with Gasteiger partial charge in [0, 0.05) is 23.9 Å². The van der Waals surface area contributed by atoms with Crippen molar-refractivity contribution in [2.45, 2.75) is 33.0 Å². The summed E-state index contributed by atoms with van der Waals surface area (Å²) in [5.74, 6) is 0.693. The van der Waals surface area contributed by atoms with Crippen molar-refractivity contribution in [2.75, 3.05) is 6.54 Å². The Balaban J connectivity index is 1.97. The molecule has 2 aromatic rings. The van der Waals surface area contributed by atoms with Crippen molar-refractivity contribution < 1.29 is 17.7 Å². The van der Waals surface area contributed by atoms with E-state index in [1.807, 2.05) is 37.1 Å². The Labute approximate surface area is 144 Å². The summed E-state index contributed by atoms with van der Waals surface area (Å²) in [5, 5.41) is 3.95. The molecule has 0 saturated carbocycles. The maximum absolute atomic E-state index is 13.3. The summed E-state index contributed by atoms with van der Waals surface area (Å²) in [6, 6.07) is 5.30. The molecule has 1 aromatic heterocycles. The number of aromatic nitrogens is 1. The molecular weight excluding hydrogens is 329 g/mol. The van der Waals surface area contributed by atoms with Crippen LogP contribution in [0.25, 0.3) is 5.57 Å². The molecule has 3 nitrogen and oxygen atoms in total. The van der Waals surface area contributed by atoms with Crippen LogP contribution in [-0.4, -0.2) is 16.6 Å². The summed E-state index contributed by atoms with van der Waals surface area (Å²) >= 11 is 0. The third-order valence-corrected chi connectivity index (χ3v) is 4.45. The van der Waals surface area contributed by atoms with Gasteiger partial charge in [-0.05, 0) is 32.4 Å². The molecule has 0 spiro atoms. The summed E-state index contributed by atoms with van der Waals surface area (Å²) in [6.45, 7) is 6.00. The molecule has 6 heteroatoms. The molecule has 0 aliphatic carbocycles. The molecule has 0 radical (unpaired) electrons. The third-order valence-electron chi connectivity index (χ3n) is 4.45. The predicted octanol–water partition coefficient (Wildman–Crippen LogP) is 5.28. The molecule has 1 unspecified atom stereocenters. The Kier molecular flexibility index (Phi) is 4.45. The van der Waals surface area contributed by atoms with Gasteiger partial charge in [0.1, 0.15) is 5.76 Å². The second-order valence-corrected chi connectivity index (χ2v) is 6.14. The molecule has 0 fully saturated rings. The highest BCUT2D eigenvalue weighted by Crippen LogP contribution is 2.37. The predicted molar refractivity (Wildman–Crippen MR) is 89.7 cm³/mol. The first kappa shape index (κ1) is 17.3. The monoisotopic (exact) mass is 348 g/mol. The van der Waals surface area contributed by atoms with Crippen LogP contribution in [0.15, 0.2) is 47.1 Å². The minimum atomic E-state index is -4.37. The van der Waals surface area contributed by atoms with Crippen molar-refractivity contribution >= 4 is 5.57 Å². The average molecular weight is 348 g/mol. The van der Waals surface area contributed by atoms with Crippen LogP contribution in [0.2, 0.25) is 0 Å². The van der Waals surface area contributed by atoms with Crippen molar-refractivity contribution in [2.24, 2.45) is 0 Å². The Morgan fingerprint density at radius 3 is 2.56 bits per heavy atom. The summed E-state index contributed by atoms with van der Waals surface area (Å²) in [4.78, 5) is 1.89. The average Bonchev–Trinajstić information content (AvgIpc) is 2.92. The van der Waals surface area contributed by atoms with E-state index in [-0.39, 0.29) is 5.56 Å². The minimum absolute atomic E-state index is 0.264. The summed E-state index contributed by atoms with van der Waals surface area (Å²) < 4.78 is 45.1. The molecule has 1 aliphatic heterocycles. The van der Waals surface area contributed by atoms with Gasteiger partial charge in [0.2, 0.25) is 0 Å². The van der Waals surface area contributed by atoms with Crippen LogP contribution in [-0.2, 0) is 6.18 Å². The van der Waals surface area contributed by atoms with Gasteiger partial charge >= 0.3 is 6.18 Å². The molecule has 132 valence electrons. The standard InChI is InChI=1S/C19H19F3N2O/c1-12-18(14(3)25-23-12)15-7-6-10-24(11-15)13(2)16-8-4-5-9-17(16)19(20,21)22/h4-9,11,13H,10H2,1-3H3. The second-order valence-electron chi connectivity index (χ2n) is 6.14. The molecule has 1 aliphatic rings. The Morgan fingerprint density at radius 1 is 1.20 bits per heavy atom. The van der Waals surface area contributed by atoms with E-state index in [4.69, 9.17) is 4.52 Å². The van der Waals surface area contributed by atoms with Crippen LogP contribution >= 0.6 is 0 Å². The number of hydrogen-bond acceptors (Lipinski definition) is 3. The van der Waals surface area contributed by atoms with E-state index >= 15 is 0 Å². The van der Waals surface area contributed by atoms with Crippen molar-refractivity contribution in [3.63, 3.8) is 0 Å². The maximum atomic E-state index is 13.3. The van der Waals surface area contributed by atoms with Gasteiger partial charge in [0.05, 0.1) is 17.3 Å². The minimum Gasteiger partial charge on any atom is -0.366 e. The first-order chi connectivity index (χ1) is 11.8. The van der Waals surface area contributed by atoms with Crippen molar-refractivity contribution in [1.82, 2.24) is 10.1 Å². The van der Waals surface area contributed by atoms with Gasteiger partial charge in [-0.3, -0.25) is 0 Å². The SMILES string of the molecule is Cc1noc(C)c1C1=CN(C(C)c2ccccc2C(F)(F)F)CC=C1. The molecule has 25 heavy (non-hydrogen) atoms. The van der Waals surface area contributed by atoms with Crippen molar-refractivity contribution in [3.05, 3.63) is 70.8 Å². The lowest BCUT2D eigenvalue weighted by Gasteiger charge is -2.31. The summed E-state index contributed by atoms with van der Waals surface area (Å²) in [7, 11) is 0. The fourth-order valence-corrected chi connectivity index (χ4v) is 3.19. The Hall–Kier alpha value is -2.50. The highest BCUT2D eigenvalue weighted by molar-refractivity contribution is 5.76. The fraction of sp³-hybridized carbons (Fsp3) is 0.316. The fourth-order valence-electron chi connectivity index (χ4n) is 3.19. The van der Waals surface area contributed by atoms with Gasteiger partial charge in [-0.2, -0.15) is 13.2 Å². The van der Waals surface area contributed by atoms with Gasteiger partial charge in [-0.1, -0.05) is 35.5 Å². The topological polar surface area (TPSA) is 29.3 Å². The number of hydrogen-bond donors (Lipinski definition) is 0. The number of aryl methyl sites for hydroxylation is 2. The highest BCUT2D eigenvalue weighted by Gasteiger charge is 2.35. The zero-order valence-electron chi connectivity index (χ0n) is 14.3. The summed E-state index contributed by atoms with van der Waals surface area (Å²) in [6.07, 6.45) is 1.40. The molecule has 0 amide bonds. The first-order valence-electron chi connectivity index (χ1n) is 8.02. The van der Waals surface area contributed by atoms with E-state index in [2.05, 4.69) is 5.16 Å². The molecule has 3 rings (SSSR count). The number of alkyl halides is 3. The largest absolute Gasteiger partial charge is 0.416 e. The van der Waals surface area contributed by atoms with Gasteiger partial charge < -0.3 is 9.42 Å². The van der Waals surface area contributed by atoms with E-state index in [0.717, 1.165) is 22.9 Å². The van der Waals surface area contributed by atoms with Crippen LogP contribution in [0.1, 0.15) is 41.1 Å². The van der Waals surface area contributed by atoms with Crippen LogP contribution in [0.4, 0.5) is 13.2 Å². The van der Waals surface area contributed by atoms with E-state index in [0.29, 0.717) is 12.3 Å². The Bertz CT molecular complexity index is 814. The molecular formula is C19H19F3N2O. The van der Waals surface area contributed by atoms with Crippen LogP contribution in [0.3, 0.4) is 0 Å². The lowest BCUT2D eigenvalue weighted by Crippen LogP contribution is -2.26. The molecule has 1 atom stereocenters. The first-order valence-corrected chi connectivity index (χ1v) is 8.02. The molecule has 0 N–H and O–H groups in total. The van der Waals surface area contributed by atoms with Crippen molar-refractivity contribution in [3.8, 4) is 0 Å². The van der Waals surface area contributed by atoms with Crippen LogP contribution in [0.5, 0.6) is 0 Å². The van der Waals surface area contributed by atoms with E-state index in [1.54, 1.807) is 13.0 Å². The lowest BCUT2D eigenvalue weighted by atomic mass is 9.97. The van der Waals surface area contributed by atoms with E-state index < -0.39 is 17.8 Å². The zero-order chi connectivity index (χ0) is 18.2. The maximum Gasteiger partial charge on any atom is 0.416 e. The van der Waals surface area contributed by atoms with Crippen molar-refractivity contribution in [1.29, 1.82) is 0 Å². The molecule has 0 saturated heterocycles. The highest BCUT2D eigenvalue weighted by atomic mass is 19.4. The molecule has 1 aromatic carbocycles. The molecule has 2 heterocycles. The summed E-state index contributed by atoms with van der Waals surface area (Å²) in [5.41, 5.74) is 2.21. The Morgan fingerprint density at radius 2 is 1.92 bits per heavy atom. The smallest absolute Gasteiger partial charge is 0.366 e. The van der Waals surface area contributed by atoms with Crippen LogP contribution in [0, 0.1) is 13.8 Å². The number of rotatable bonds is 3. The van der Waals surface area contributed by atoms with Gasteiger partial charge in [0.25, 0.3) is 0 Å². The van der Waals surface area contributed by atoms with E-state index in [1.165, 1.54) is 12.1 Å². The molecule has 0 bridgehead atoms. The number of allylic oxidation sites excluding steroid dienone is 2. The third kappa shape index (κ3) is 3.34. The van der Waals surface area contributed by atoms with E-state index in [9.17, 15) is 13.2 Å². The number of benzene rings is 1. The number of nitrogens with zero attached hydrogens (tertiary/aromatic N) is 2.